The van der Waals surface area contributed by atoms with E-state index in [1.807, 2.05) is 11.0 Å². The van der Waals surface area contributed by atoms with Crippen LogP contribution in [-0.4, -0.2) is 27.8 Å². The fraction of sp³-hybridized carbons (Fsp3) is 0.500. The molecule has 7 heteroatoms. The highest BCUT2D eigenvalue weighted by atomic mass is 32.2. The summed E-state index contributed by atoms with van der Waals surface area (Å²) >= 11 is 1.17. The second-order valence-electron chi connectivity index (χ2n) is 4.06. The van der Waals surface area contributed by atoms with Crippen molar-refractivity contribution in [3.05, 3.63) is 4.88 Å². The highest BCUT2D eigenvalue weighted by molar-refractivity contribution is 7.91. The van der Waals surface area contributed by atoms with Crippen molar-refractivity contribution in [3.63, 3.8) is 0 Å². The molecule has 2 N–H and O–H groups in total. The number of thiophene rings is 1. The van der Waals surface area contributed by atoms with Crippen molar-refractivity contribution in [2.45, 2.75) is 17.7 Å². The number of sulfone groups is 1. The molecule has 0 unspecified atom stereocenters. The lowest BCUT2D eigenvalue weighted by Crippen LogP contribution is -2.18. The van der Waals surface area contributed by atoms with Crippen molar-refractivity contribution in [2.24, 2.45) is 0 Å². The fourth-order valence-electron chi connectivity index (χ4n) is 1.99. The first-order valence-corrected chi connectivity index (χ1v) is 7.93. The predicted molar refractivity (Wildman–Crippen MR) is 68.0 cm³/mol. The van der Waals surface area contributed by atoms with E-state index in [-0.39, 0.29) is 15.5 Å². The first-order chi connectivity index (χ1) is 7.95. The number of nitrogens with zero attached hydrogens (tertiary/aromatic N) is 2. The third-order valence-corrected chi connectivity index (χ3v) is 5.20. The summed E-state index contributed by atoms with van der Waals surface area (Å²) in [4.78, 5) is 2.41. The van der Waals surface area contributed by atoms with E-state index in [2.05, 4.69) is 0 Å². The molecule has 5 nitrogen and oxygen atoms in total. The molecule has 1 aliphatic rings. The normalized spacial score (nSPS) is 16.1. The molecule has 0 atom stereocenters. The Labute approximate surface area is 104 Å². The Kier molecular flexibility index (Phi) is 3.02. The molecular weight excluding hydrogens is 258 g/mol. The molecular formula is C10H13N3O2S2. The lowest BCUT2D eigenvalue weighted by atomic mass is 10.4. The minimum absolute atomic E-state index is 0.0990. The lowest BCUT2D eigenvalue weighted by molar-refractivity contribution is 0.602. The van der Waals surface area contributed by atoms with E-state index in [9.17, 15) is 8.42 Å². The van der Waals surface area contributed by atoms with E-state index >= 15 is 0 Å². The lowest BCUT2D eigenvalue weighted by Gasteiger charge is -2.16. The zero-order chi connectivity index (χ0) is 12.6. The molecule has 1 aromatic rings. The number of nitrogens with two attached hydrogens (primary N) is 1. The smallest absolute Gasteiger partial charge is 0.180 e. The van der Waals surface area contributed by atoms with Gasteiger partial charge in [-0.25, -0.2) is 8.42 Å². The summed E-state index contributed by atoms with van der Waals surface area (Å²) < 4.78 is 23.5. The first-order valence-electron chi connectivity index (χ1n) is 5.22. The maximum absolute atomic E-state index is 11.8. The molecule has 1 aliphatic heterocycles. The van der Waals surface area contributed by atoms with Gasteiger partial charge in [0.15, 0.2) is 9.84 Å². The van der Waals surface area contributed by atoms with Gasteiger partial charge in [0.1, 0.15) is 20.8 Å². The largest absolute Gasteiger partial charge is 0.396 e. The van der Waals surface area contributed by atoms with Gasteiger partial charge in [-0.1, -0.05) is 0 Å². The summed E-state index contributed by atoms with van der Waals surface area (Å²) in [6.07, 6.45) is 3.22. The summed E-state index contributed by atoms with van der Waals surface area (Å²) in [5.41, 5.74) is 5.85. The van der Waals surface area contributed by atoms with Crippen LogP contribution in [0.5, 0.6) is 0 Å². The van der Waals surface area contributed by atoms with Gasteiger partial charge in [0, 0.05) is 19.3 Å². The van der Waals surface area contributed by atoms with Gasteiger partial charge in [0.2, 0.25) is 0 Å². The van der Waals surface area contributed by atoms with Crippen molar-refractivity contribution in [3.8, 4) is 6.07 Å². The standard InChI is InChI=1S/C10H13N3O2S2/c1-17(14,15)9-8(12)7(6-11)16-10(9)13-4-2-3-5-13/h2-5,12H2,1H3. The van der Waals surface area contributed by atoms with Crippen molar-refractivity contribution in [1.29, 1.82) is 5.26 Å². The maximum atomic E-state index is 11.8. The molecule has 0 bridgehead atoms. The van der Waals surface area contributed by atoms with Gasteiger partial charge in [0.25, 0.3) is 0 Å². The summed E-state index contributed by atoms with van der Waals surface area (Å²) in [7, 11) is -3.40. The van der Waals surface area contributed by atoms with E-state index in [4.69, 9.17) is 11.0 Å². The molecule has 1 aromatic heterocycles. The summed E-state index contributed by atoms with van der Waals surface area (Å²) in [5, 5.41) is 9.56. The molecule has 0 radical (unpaired) electrons. The van der Waals surface area contributed by atoms with Crippen molar-refractivity contribution in [2.75, 3.05) is 30.0 Å². The first kappa shape index (κ1) is 12.2. The van der Waals surface area contributed by atoms with E-state index in [1.54, 1.807) is 0 Å². The van der Waals surface area contributed by atoms with Crippen molar-refractivity contribution < 1.29 is 8.42 Å². The molecule has 92 valence electrons. The predicted octanol–water partition coefficient (Wildman–Crippen LogP) is 1.21. The van der Waals surface area contributed by atoms with Crippen LogP contribution < -0.4 is 10.6 Å². The maximum Gasteiger partial charge on any atom is 0.180 e. The second kappa shape index (κ2) is 4.20. The number of hydrogen-bond donors (Lipinski definition) is 1. The number of anilines is 2. The van der Waals surface area contributed by atoms with E-state index in [0.29, 0.717) is 5.00 Å². The molecule has 0 spiro atoms. The van der Waals surface area contributed by atoms with E-state index < -0.39 is 9.84 Å². The Morgan fingerprint density at radius 2 is 2.00 bits per heavy atom. The molecule has 1 fully saturated rings. The molecule has 2 rings (SSSR count). The van der Waals surface area contributed by atoms with Gasteiger partial charge in [-0.3, -0.25) is 0 Å². The van der Waals surface area contributed by atoms with Crippen molar-refractivity contribution in [1.82, 2.24) is 0 Å². The van der Waals surface area contributed by atoms with E-state index in [1.165, 1.54) is 11.3 Å². The number of nitrogen functional groups attached to an aromatic ring is 1. The molecule has 1 saturated heterocycles. The Bertz CT molecular complexity index is 577. The van der Waals surface area contributed by atoms with Gasteiger partial charge in [-0.15, -0.1) is 11.3 Å². The van der Waals surface area contributed by atoms with E-state index in [0.717, 1.165) is 32.2 Å². The highest BCUT2D eigenvalue weighted by Crippen LogP contribution is 2.42. The second-order valence-corrected chi connectivity index (χ2v) is 7.01. The summed E-state index contributed by atoms with van der Waals surface area (Å²) in [6.45, 7) is 1.65. The van der Waals surface area contributed by atoms with Crippen LogP contribution in [0.3, 0.4) is 0 Å². The highest BCUT2D eigenvalue weighted by Gasteiger charge is 2.28. The third kappa shape index (κ3) is 2.10. The SMILES string of the molecule is CS(=O)(=O)c1c(N2CCCC2)sc(C#N)c1N. The average Bonchev–Trinajstić information content (AvgIpc) is 2.82. The minimum Gasteiger partial charge on any atom is -0.396 e. The third-order valence-electron chi connectivity index (χ3n) is 2.75. The van der Waals surface area contributed by atoms with Gasteiger partial charge < -0.3 is 10.6 Å². The van der Waals surface area contributed by atoms with Crippen LogP contribution in [0.4, 0.5) is 10.7 Å². The zero-order valence-electron chi connectivity index (χ0n) is 9.43. The Morgan fingerprint density at radius 3 is 2.47 bits per heavy atom. The minimum atomic E-state index is -3.40. The van der Waals surface area contributed by atoms with Crippen LogP contribution in [0.25, 0.3) is 0 Å². The van der Waals surface area contributed by atoms with Crippen molar-refractivity contribution >= 4 is 31.9 Å². The van der Waals surface area contributed by atoms with Gasteiger partial charge in [-0.2, -0.15) is 5.26 Å². The molecule has 0 aliphatic carbocycles. The van der Waals surface area contributed by atoms with Crippen LogP contribution >= 0.6 is 11.3 Å². The van der Waals surface area contributed by atoms with Crippen LogP contribution in [0, 0.1) is 11.3 Å². The van der Waals surface area contributed by atoms with Gasteiger partial charge in [0.05, 0.1) is 5.69 Å². The Balaban J connectivity index is 2.62. The van der Waals surface area contributed by atoms with Crippen LogP contribution in [0.15, 0.2) is 4.90 Å². The van der Waals surface area contributed by atoms with Gasteiger partial charge >= 0.3 is 0 Å². The monoisotopic (exact) mass is 271 g/mol. The molecule has 17 heavy (non-hydrogen) atoms. The fourth-order valence-corrected chi connectivity index (χ4v) is 4.54. The summed E-state index contributed by atoms with van der Waals surface area (Å²) in [6, 6.07) is 1.95. The number of rotatable bonds is 2. The zero-order valence-corrected chi connectivity index (χ0v) is 11.1. The molecule has 0 saturated carbocycles. The van der Waals surface area contributed by atoms with Crippen LogP contribution in [0.1, 0.15) is 17.7 Å². The Hall–Kier alpha value is -1.26. The molecule has 0 aromatic carbocycles. The average molecular weight is 271 g/mol. The van der Waals surface area contributed by atoms with Gasteiger partial charge in [-0.05, 0) is 12.8 Å². The Morgan fingerprint density at radius 1 is 1.41 bits per heavy atom. The number of hydrogen-bond acceptors (Lipinski definition) is 6. The quantitative estimate of drug-likeness (QED) is 0.873. The summed E-state index contributed by atoms with van der Waals surface area (Å²) in [5.74, 6) is 0. The molecule has 2 heterocycles. The van der Waals surface area contributed by atoms with Crippen LogP contribution in [-0.2, 0) is 9.84 Å². The topological polar surface area (TPSA) is 87.2 Å². The molecule has 0 amide bonds. The van der Waals surface area contributed by atoms with Crippen LogP contribution in [0.2, 0.25) is 0 Å². The number of nitriles is 1.